The van der Waals surface area contributed by atoms with Crippen molar-refractivity contribution in [1.29, 1.82) is 0 Å². The van der Waals surface area contributed by atoms with E-state index in [-0.39, 0.29) is 12.2 Å². The van der Waals surface area contributed by atoms with Crippen LogP contribution in [0.15, 0.2) is 24.3 Å². The van der Waals surface area contributed by atoms with Gasteiger partial charge < -0.3 is 5.11 Å². The van der Waals surface area contributed by atoms with E-state index in [0.717, 1.165) is 12.0 Å². The number of carboxylic acid groups (broad SMARTS) is 1. The van der Waals surface area contributed by atoms with E-state index in [2.05, 4.69) is 0 Å². The molecule has 1 aromatic rings. The van der Waals surface area contributed by atoms with Crippen molar-refractivity contribution in [3.05, 3.63) is 35.4 Å². The van der Waals surface area contributed by atoms with E-state index in [0.29, 0.717) is 5.56 Å². The highest BCUT2D eigenvalue weighted by Gasteiger charge is 2.20. The van der Waals surface area contributed by atoms with Crippen molar-refractivity contribution in [1.82, 2.24) is 0 Å². The third-order valence-corrected chi connectivity index (χ3v) is 2.64. The second-order valence-corrected chi connectivity index (χ2v) is 4.01. The Labute approximate surface area is 99.0 Å². The first-order valence-corrected chi connectivity index (χ1v) is 5.47. The van der Waals surface area contributed by atoms with Gasteiger partial charge in [-0.2, -0.15) is 0 Å². The first-order valence-electron chi connectivity index (χ1n) is 5.03. The fraction of sp³-hybridized carbons (Fsp3) is 0.333. The number of rotatable bonds is 5. The van der Waals surface area contributed by atoms with Crippen molar-refractivity contribution in [2.75, 3.05) is 0 Å². The van der Waals surface area contributed by atoms with Gasteiger partial charge in [-0.05, 0) is 12.0 Å². The summed E-state index contributed by atoms with van der Waals surface area (Å²) < 4.78 is 0. The Balaban J connectivity index is 2.75. The van der Waals surface area contributed by atoms with Gasteiger partial charge in [-0.15, -0.1) is 11.6 Å². The molecule has 1 unspecified atom stereocenters. The minimum absolute atomic E-state index is 0.341. The second-order valence-electron chi connectivity index (χ2n) is 3.48. The summed E-state index contributed by atoms with van der Waals surface area (Å²) in [5, 5.41) is 7.53. The highest BCUT2D eigenvalue weighted by molar-refractivity contribution is 6.34. The van der Waals surface area contributed by atoms with Gasteiger partial charge in [0.25, 0.3) is 0 Å². The first-order chi connectivity index (χ1) is 7.54. The van der Waals surface area contributed by atoms with Crippen LogP contribution >= 0.6 is 11.6 Å². The minimum Gasteiger partial charge on any atom is -0.481 e. The maximum Gasteiger partial charge on any atom is 0.305 e. The zero-order chi connectivity index (χ0) is 12.1. The average molecular weight is 241 g/mol. The Morgan fingerprint density at radius 2 is 1.88 bits per heavy atom. The van der Waals surface area contributed by atoms with Crippen LogP contribution in [0.2, 0.25) is 0 Å². The van der Waals surface area contributed by atoms with Gasteiger partial charge in [0.2, 0.25) is 0 Å². The lowest BCUT2D eigenvalue weighted by Crippen LogP contribution is -2.18. The van der Waals surface area contributed by atoms with Crippen LogP contribution in [0, 0.1) is 0 Å². The Hall–Kier alpha value is -1.35. The number of carbonyl (C=O) groups excluding carboxylic acids is 1. The zero-order valence-corrected chi connectivity index (χ0v) is 9.70. The summed E-state index contributed by atoms with van der Waals surface area (Å²) in [5.74, 6) is -1.41. The Bertz CT molecular complexity index is 384. The Morgan fingerprint density at radius 1 is 1.31 bits per heavy atom. The molecule has 1 N–H and O–H groups in total. The lowest BCUT2D eigenvalue weighted by molar-refractivity contribution is -0.136. The molecule has 0 spiro atoms. The van der Waals surface area contributed by atoms with Crippen molar-refractivity contribution < 1.29 is 14.7 Å². The lowest BCUT2D eigenvalue weighted by atomic mass is 10.0. The van der Waals surface area contributed by atoms with E-state index in [1.165, 1.54) is 0 Å². The smallest absolute Gasteiger partial charge is 0.305 e. The van der Waals surface area contributed by atoms with Gasteiger partial charge in [0, 0.05) is 5.56 Å². The second kappa shape index (κ2) is 5.66. The van der Waals surface area contributed by atoms with Gasteiger partial charge in [0.1, 0.15) is 5.38 Å². The van der Waals surface area contributed by atoms with E-state index >= 15 is 0 Å². The number of halogens is 1. The molecule has 3 nitrogen and oxygen atoms in total. The molecule has 1 atom stereocenters. The molecular formula is C12H13ClO3. The molecule has 86 valence electrons. The summed E-state index contributed by atoms with van der Waals surface area (Å²) in [6.45, 7) is 2.02. The van der Waals surface area contributed by atoms with Crippen LogP contribution < -0.4 is 0 Å². The largest absolute Gasteiger partial charge is 0.481 e. The molecule has 16 heavy (non-hydrogen) atoms. The quantitative estimate of drug-likeness (QED) is 0.636. The molecule has 4 heteroatoms. The van der Waals surface area contributed by atoms with Crippen molar-refractivity contribution in [3.63, 3.8) is 0 Å². The molecule has 0 radical (unpaired) electrons. The summed E-state index contributed by atoms with van der Waals surface area (Å²) in [5.41, 5.74) is 1.58. The number of aliphatic carboxylic acids is 1. The standard InChI is InChI=1S/C12H13ClO3/c1-2-8-3-5-9(6-4-8)12(16)10(13)7-11(14)15/h3-6,10H,2,7H2,1H3,(H,14,15). The monoisotopic (exact) mass is 240 g/mol. The number of Topliss-reactive ketones (excluding diaryl/α,β-unsaturated/α-hetero) is 1. The minimum atomic E-state index is -1.07. The van der Waals surface area contributed by atoms with Crippen molar-refractivity contribution in [3.8, 4) is 0 Å². The van der Waals surface area contributed by atoms with Crippen LogP contribution in [0.4, 0.5) is 0 Å². The number of hydrogen-bond donors (Lipinski definition) is 1. The highest BCUT2D eigenvalue weighted by atomic mass is 35.5. The molecule has 0 bridgehead atoms. The normalized spacial score (nSPS) is 12.1. The molecule has 1 rings (SSSR count). The number of hydrogen-bond acceptors (Lipinski definition) is 2. The summed E-state index contributed by atoms with van der Waals surface area (Å²) in [4.78, 5) is 22.1. The van der Waals surface area contributed by atoms with Crippen LogP contribution in [0.25, 0.3) is 0 Å². The Kier molecular flexibility index (Phi) is 4.50. The van der Waals surface area contributed by atoms with E-state index in [9.17, 15) is 9.59 Å². The SMILES string of the molecule is CCc1ccc(C(=O)C(Cl)CC(=O)O)cc1. The third-order valence-electron chi connectivity index (χ3n) is 2.29. The fourth-order valence-corrected chi connectivity index (χ4v) is 1.59. The molecule has 0 fully saturated rings. The molecule has 0 aliphatic rings. The van der Waals surface area contributed by atoms with Crippen LogP contribution in [-0.4, -0.2) is 22.2 Å². The van der Waals surface area contributed by atoms with E-state index < -0.39 is 11.3 Å². The van der Waals surface area contributed by atoms with Crippen LogP contribution in [0.3, 0.4) is 0 Å². The maximum atomic E-state index is 11.7. The molecular weight excluding hydrogens is 228 g/mol. The van der Waals surface area contributed by atoms with Crippen molar-refractivity contribution in [2.24, 2.45) is 0 Å². The van der Waals surface area contributed by atoms with Crippen LogP contribution in [0.5, 0.6) is 0 Å². The number of ketones is 1. The van der Waals surface area contributed by atoms with E-state index in [1.54, 1.807) is 12.1 Å². The summed E-state index contributed by atoms with van der Waals surface area (Å²) in [7, 11) is 0. The molecule has 0 aromatic heterocycles. The van der Waals surface area contributed by atoms with E-state index in [4.69, 9.17) is 16.7 Å². The van der Waals surface area contributed by atoms with Gasteiger partial charge in [-0.1, -0.05) is 31.2 Å². The van der Waals surface area contributed by atoms with E-state index in [1.807, 2.05) is 19.1 Å². The molecule has 0 aliphatic carbocycles. The van der Waals surface area contributed by atoms with Crippen LogP contribution in [-0.2, 0) is 11.2 Å². The predicted octanol–water partition coefficient (Wildman–Crippen LogP) is 2.51. The molecule has 0 saturated heterocycles. The lowest BCUT2D eigenvalue weighted by Gasteiger charge is -2.06. The highest BCUT2D eigenvalue weighted by Crippen LogP contribution is 2.13. The van der Waals surface area contributed by atoms with Gasteiger partial charge in [0.15, 0.2) is 5.78 Å². The average Bonchev–Trinajstić information content (AvgIpc) is 2.27. The van der Waals surface area contributed by atoms with Crippen LogP contribution in [0.1, 0.15) is 29.3 Å². The van der Waals surface area contributed by atoms with Gasteiger partial charge >= 0.3 is 5.97 Å². The molecule has 1 aromatic carbocycles. The maximum absolute atomic E-state index is 11.7. The number of carbonyl (C=O) groups is 2. The van der Waals surface area contributed by atoms with Gasteiger partial charge in [-0.3, -0.25) is 9.59 Å². The predicted molar refractivity (Wildman–Crippen MR) is 62.0 cm³/mol. The van der Waals surface area contributed by atoms with Gasteiger partial charge in [0.05, 0.1) is 6.42 Å². The fourth-order valence-electron chi connectivity index (χ4n) is 1.33. The molecule has 0 aliphatic heterocycles. The number of aryl methyl sites for hydroxylation is 1. The topological polar surface area (TPSA) is 54.4 Å². The van der Waals surface area contributed by atoms with Crippen molar-refractivity contribution >= 4 is 23.4 Å². The number of benzene rings is 1. The summed E-state index contributed by atoms with van der Waals surface area (Å²) in [6.07, 6.45) is 0.545. The molecule has 0 heterocycles. The number of alkyl halides is 1. The molecule has 0 amide bonds. The Morgan fingerprint density at radius 3 is 2.31 bits per heavy atom. The molecule has 0 saturated carbocycles. The third kappa shape index (κ3) is 3.35. The summed E-state index contributed by atoms with van der Waals surface area (Å²) in [6, 6.07) is 7.05. The first kappa shape index (κ1) is 12.7. The van der Waals surface area contributed by atoms with Crippen molar-refractivity contribution in [2.45, 2.75) is 25.1 Å². The number of carboxylic acids is 1. The van der Waals surface area contributed by atoms with Gasteiger partial charge in [-0.25, -0.2) is 0 Å². The zero-order valence-electron chi connectivity index (χ0n) is 8.94. The summed E-state index contributed by atoms with van der Waals surface area (Å²) >= 11 is 5.70.